The molecule has 1 rings (SSSR count). The van der Waals surface area contributed by atoms with Crippen molar-refractivity contribution < 1.29 is 26.7 Å². The molecule has 0 fully saturated rings. The monoisotopic (exact) mass is 235 g/mol. The minimum atomic E-state index is 0. The third-order valence-corrected chi connectivity index (χ3v) is 1.13. The minimum Gasteiger partial charge on any atom is -0.507 e. The summed E-state index contributed by atoms with van der Waals surface area (Å²) in [6.07, 6.45) is 0.620. The summed E-state index contributed by atoms with van der Waals surface area (Å²) < 4.78 is 0. The van der Waals surface area contributed by atoms with E-state index < -0.39 is 0 Å². The van der Waals surface area contributed by atoms with Crippen LogP contribution in [0, 0.1) is 10.8 Å². The number of para-hydroxylation sites is 1. The zero-order chi connectivity index (χ0) is 10.1. The molecule has 0 aromatic heterocycles. The van der Waals surface area contributed by atoms with Crippen molar-refractivity contribution in [1.82, 2.24) is 0 Å². The van der Waals surface area contributed by atoms with Gasteiger partial charge in [0.1, 0.15) is 5.75 Å². The van der Waals surface area contributed by atoms with Crippen LogP contribution >= 0.6 is 0 Å². The van der Waals surface area contributed by atoms with Crippen LogP contribution in [0.4, 0.5) is 0 Å². The number of carbonyl (C=O) groups excluding carboxylic acids is 1. The van der Waals surface area contributed by atoms with Crippen molar-refractivity contribution in [2.24, 2.45) is 0 Å². The zero-order valence-electron chi connectivity index (χ0n) is 7.08. The number of aromatic hydroxyl groups is 1. The molecule has 1 aromatic rings. The van der Waals surface area contributed by atoms with Gasteiger partial charge < -0.3 is 5.11 Å². The van der Waals surface area contributed by atoms with Crippen molar-refractivity contribution in [3.8, 4) is 5.75 Å². The van der Waals surface area contributed by atoms with Gasteiger partial charge in [0, 0.05) is 16.8 Å². The molecule has 0 saturated heterocycles. The van der Waals surface area contributed by atoms with Crippen LogP contribution < -0.4 is 0 Å². The first-order valence-electron chi connectivity index (χ1n) is 3.33. The van der Waals surface area contributed by atoms with Crippen LogP contribution in [0.15, 0.2) is 24.3 Å². The van der Waals surface area contributed by atoms with Gasteiger partial charge in [-0.15, -0.1) is 0 Å². The predicted molar refractivity (Wildman–Crippen MR) is 48.9 cm³/mol. The fourth-order valence-corrected chi connectivity index (χ4v) is 0.587. The van der Waals surface area contributed by atoms with Gasteiger partial charge in [0.05, 0.1) is 17.3 Å². The second-order valence-electron chi connectivity index (χ2n) is 1.93. The number of phenolic OH excluding ortho intramolecular Hbond substituents is 1. The Balaban J connectivity index is 0. The number of carbonyl (C=O) groups is 1. The molecule has 5 heteroatoms. The standard InChI is InChI=1S/C7H6O2.C2H2N2.Co/c8-5-6-3-1-2-4-7(6)9;3-1-2-4;/h1-5,9H;3-4H;. The van der Waals surface area contributed by atoms with Gasteiger partial charge in [-0.2, -0.15) is 0 Å². The molecule has 0 heterocycles. The van der Waals surface area contributed by atoms with Crippen molar-refractivity contribution in [2.45, 2.75) is 0 Å². The van der Waals surface area contributed by atoms with E-state index in [9.17, 15) is 4.79 Å². The van der Waals surface area contributed by atoms with Gasteiger partial charge in [-0.3, -0.25) is 4.79 Å². The summed E-state index contributed by atoms with van der Waals surface area (Å²) >= 11 is 0. The largest absolute Gasteiger partial charge is 0.507 e. The molecule has 0 bridgehead atoms. The Labute approximate surface area is 91.5 Å². The van der Waals surface area contributed by atoms with E-state index in [1.54, 1.807) is 29.9 Å². The van der Waals surface area contributed by atoms with Gasteiger partial charge in [0.25, 0.3) is 0 Å². The summed E-state index contributed by atoms with van der Waals surface area (Å²) in [5, 5.41) is 20.7. The second-order valence-corrected chi connectivity index (χ2v) is 1.93. The molecule has 1 radical (unpaired) electrons. The predicted octanol–water partition coefficient (Wildman–Crippen LogP) is 1.24. The summed E-state index contributed by atoms with van der Waals surface area (Å²) in [5.74, 6) is 3.23. The van der Waals surface area contributed by atoms with E-state index in [2.05, 4.69) is 0 Å². The molecular weight excluding hydrogens is 227 g/mol. The van der Waals surface area contributed by atoms with Crippen molar-refractivity contribution in [3.63, 3.8) is 0 Å². The Bertz CT molecular complexity index is 346. The van der Waals surface area contributed by atoms with E-state index in [1.807, 2.05) is 0 Å². The van der Waals surface area contributed by atoms with Crippen LogP contribution in [0.1, 0.15) is 10.4 Å². The second kappa shape index (κ2) is 9.44. The molecule has 0 unspecified atom stereocenters. The summed E-state index contributed by atoms with van der Waals surface area (Å²) in [7, 11) is 0. The van der Waals surface area contributed by atoms with Gasteiger partial charge in [-0.25, -0.2) is 10.8 Å². The summed E-state index contributed by atoms with van der Waals surface area (Å²) in [6.45, 7) is 0. The van der Waals surface area contributed by atoms with E-state index in [-0.39, 0.29) is 22.5 Å². The molecule has 3 N–H and O–H groups in total. The van der Waals surface area contributed by atoms with E-state index in [1.165, 1.54) is 6.07 Å². The molecule has 14 heavy (non-hydrogen) atoms. The molecule has 0 aliphatic rings. The van der Waals surface area contributed by atoms with Crippen LogP contribution in [0.2, 0.25) is 0 Å². The van der Waals surface area contributed by atoms with Gasteiger partial charge in [-0.05, 0) is 12.1 Å². The summed E-state index contributed by atoms with van der Waals surface area (Å²) in [6, 6.07) is 6.40. The summed E-state index contributed by atoms with van der Waals surface area (Å²) in [4.78, 5) is 10.1. The fourth-order valence-electron chi connectivity index (χ4n) is 0.587. The molecule has 0 saturated carbocycles. The molecule has 0 aliphatic carbocycles. The molecule has 4 nitrogen and oxygen atoms in total. The Morgan fingerprint density at radius 3 is 2.00 bits per heavy atom. The van der Waals surface area contributed by atoms with Crippen LogP contribution in [0.5, 0.6) is 5.75 Å². The average molecular weight is 235 g/mol. The van der Waals surface area contributed by atoms with E-state index in [0.29, 0.717) is 11.8 Å². The van der Waals surface area contributed by atoms with E-state index >= 15 is 0 Å². The van der Waals surface area contributed by atoms with Crippen LogP contribution in [0.25, 0.3) is 0 Å². The van der Waals surface area contributed by atoms with Gasteiger partial charge >= 0.3 is 0 Å². The van der Waals surface area contributed by atoms with E-state index in [0.717, 1.165) is 0 Å². The number of hydrogen-bond donors (Lipinski definition) is 3. The molecule has 0 amide bonds. The number of benzene rings is 1. The third kappa shape index (κ3) is 5.94. The van der Waals surface area contributed by atoms with Crippen molar-refractivity contribution >= 4 is 18.0 Å². The van der Waals surface area contributed by atoms with Crippen molar-refractivity contribution in [3.05, 3.63) is 29.8 Å². The first-order valence-corrected chi connectivity index (χ1v) is 3.33. The Morgan fingerprint density at radius 2 is 1.71 bits per heavy atom. The number of hydrogen-bond acceptors (Lipinski definition) is 4. The minimum absolute atomic E-state index is 0. The Morgan fingerprint density at radius 1 is 1.21 bits per heavy atom. The Hall–Kier alpha value is -1.64. The SMILES string of the molecule is N=C=C=N.O=Cc1ccccc1O.[Co]. The van der Waals surface area contributed by atoms with Crippen LogP contribution in [-0.4, -0.2) is 23.1 Å². The van der Waals surface area contributed by atoms with Gasteiger partial charge in [-0.1, -0.05) is 12.1 Å². The van der Waals surface area contributed by atoms with Gasteiger partial charge in [0.2, 0.25) is 0 Å². The first kappa shape index (κ1) is 14.9. The van der Waals surface area contributed by atoms with E-state index in [4.69, 9.17) is 15.9 Å². The number of rotatable bonds is 1. The van der Waals surface area contributed by atoms with Crippen molar-refractivity contribution in [2.75, 3.05) is 0 Å². The number of aldehydes is 1. The zero-order valence-corrected chi connectivity index (χ0v) is 8.12. The molecule has 1 aromatic carbocycles. The first-order chi connectivity index (χ1) is 6.26. The summed E-state index contributed by atoms with van der Waals surface area (Å²) in [5.41, 5.74) is 0.331. The molecule has 0 atom stereocenters. The maximum atomic E-state index is 10.1. The maximum Gasteiger partial charge on any atom is 0.153 e. The van der Waals surface area contributed by atoms with Crippen molar-refractivity contribution in [1.29, 1.82) is 10.8 Å². The smallest absolute Gasteiger partial charge is 0.153 e. The maximum absolute atomic E-state index is 10.1. The van der Waals surface area contributed by atoms with Crippen LogP contribution in [0.3, 0.4) is 0 Å². The number of phenols is 1. The van der Waals surface area contributed by atoms with Crippen LogP contribution in [-0.2, 0) is 16.8 Å². The molecule has 0 aliphatic heterocycles. The number of nitrogens with one attached hydrogen (secondary N) is 2. The average Bonchev–Trinajstić information content (AvgIpc) is 2.19. The third-order valence-electron chi connectivity index (χ3n) is 1.13. The molecular formula is C9H8CoN2O2. The molecule has 0 spiro atoms. The normalized spacial score (nSPS) is 6.57. The topological polar surface area (TPSA) is 85.0 Å². The fraction of sp³-hybridized carbons (Fsp3) is 0. The molecule has 75 valence electrons. The Kier molecular flexibility index (Phi) is 10.0. The van der Waals surface area contributed by atoms with Gasteiger partial charge in [0.15, 0.2) is 6.29 Å². The quantitative estimate of drug-likeness (QED) is 0.505.